The van der Waals surface area contributed by atoms with Crippen LogP contribution in [0.5, 0.6) is 0 Å². The lowest BCUT2D eigenvalue weighted by Crippen LogP contribution is -2.74. The van der Waals surface area contributed by atoms with Gasteiger partial charge in [-0.15, -0.1) is 0 Å². The first kappa shape index (κ1) is 30.8. The normalized spacial score (nSPS) is 14.9. The van der Waals surface area contributed by atoms with Gasteiger partial charge in [0.15, 0.2) is 0 Å². The lowest BCUT2D eigenvalue weighted by molar-refractivity contribution is -0.443. The van der Waals surface area contributed by atoms with Gasteiger partial charge < -0.3 is 5.32 Å². The number of nitrogens with one attached hydrogen (secondary N) is 1. The molecule has 1 amide bonds. The lowest BCUT2D eigenvalue weighted by Gasteiger charge is -2.42. The minimum absolute atomic E-state index is 0.177. The summed E-state index contributed by atoms with van der Waals surface area (Å²) < 4.78 is 224. The molecule has 0 saturated heterocycles. The van der Waals surface area contributed by atoms with Gasteiger partial charge in [0, 0.05) is 5.69 Å². The van der Waals surface area contributed by atoms with Crippen molar-refractivity contribution in [1.29, 1.82) is 0 Å². The highest BCUT2D eigenvalue weighted by Gasteiger charge is 2.94. The number of rotatable bonds is 9. The Bertz CT molecular complexity index is 961. The number of carbonyl (C=O) groups excluding carboxylic acids is 1. The van der Waals surface area contributed by atoms with Crippen LogP contribution in [0.1, 0.15) is 0 Å². The van der Waals surface area contributed by atoms with Crippen molar-refractivity contribution >= 4 is 23.2 Å². The zero-order valence-corrected chi connectivity index (χ0v) is 16.3. The second-order valence-electron chi connectivity index (χ2n) is 6.45. The van der Waals surface area contributed by atoms with Gasteiger partial charge in [-0.1, -0.05) is 11.6 Å². The molecule has 0 unspecified atom stereocenters. The van der Waals surface area contributed by atoms with Crippen LogP contribution in [-0.2, 0) is 4.79 Å². The predicted octanol–water partition coefficient (Wildman–Crippen LogP) is 7.13. The van der Waals surface area contributed by atoms with E-state index in [0.29, 0.717) is 5.32 Å². The Morgan fingerprint density at radius 1 is 0.714 bits per heavy atom. The molecular formula is C15H5ClF17NO. The van der Waals surface area contributed by atoms with Crippen LogP contribution in [-0.4, -0.2) is 53.8 Å². The van der Waals surface area contributed by atoms with Crippen LogP contribution >= 0.6 is 11.6 Å². The van der Waals surface area contributed by atoms with Gasteiger partial charge in [0.25, 0.3) is 0 Å². The molecule has 0 aliphatic carbocycles. The van der Waals surface area contributed by atoms with E-state index in [1.165, 1.54) is 0 Å². The zero-order chi connectivity index (χ0) is 28.2. The Balaban J connectivity index is 3.54. The van der Waals surface area contributed by atoms with Crippen LogP contribution in [0.2, 0.25) is 5.02 Å². The van der Waals surface area contributed by atoms with Gasteiger partial charge in [0.05, 0.1) is 5.02 Å². The van der Waals surface area contributed by atoms with Crippen LogP contribution in [0.3, 0.4) is 0 Å². The fourth-order valence-electron chi connectivity index (χ4n) is 2.06. The first-order chi connectivity index (χ1) is 15.2. The smallest absolute Gasteiger partial charge is 0.321 e. The first-order valence-corrected chi connectivity index (χ1v) is 8.32. The third kappa shape index (κ3) is 4.32. The van der Waals surface area contributed by atoms with Gasteiger partial charge in [-0.2, -0.15) is 61.5 Å². The number of benzene rings is 1. The highest BCUT2D eigenvalue weighted by atomic mass is 35.5. The monoisotopic (exact) mass is 573 g/mol. The van der Waals surface area contributed by atoms with Gasteiger partial charge in [-0.25, -0.2) is 13.2 Å². The fraction of sp³-hybridized carbons (Fsp3) is 0.533. The number of alkyl halides is 16. The molecule has 1 rings (SSSR count). The largest absolute Gasteiger partial charge is 0.393 e. The maximum Gasteiger partial charge on any atom is 0.393 e. The molecule has 35 heavy (non-hydrogen) atoms. The summed E-state index contributed by atoms with van der Waals surface area (Å²) in [5.41, 5.74) is -1.19. The maximum absolute atomic E-state index is 13.8. The Kier molecular flexibility index (Phi) is 7.68. The van der Waals surface area contributed by atoms with Crippen molar-refractivity contribution in [3.8, 4) is 0 Å². The molecule has 0 heterocycles. The Morgan fingerprint density at radius 2 is 1.11 bits per heavy atom. The maximum atomic E-state index is 13.8. The second kappa shape index (κ2) is 8.72. The van der Waals surface area contributed by atoms with E-state index in [2.05, 4.69) is 0 Å². The van der Waals surface area contributed by atoms with E-state index in [1.807, 2.05) is 0 Å². The topological polar surface area (TPSA) is 29.1 Å². The summed E-state index contributed by atoms with van der Waals surface area (Å²) >= 11 is 5.14. The molecule has 1 aromatic carbocycles. The molecule has 0 spiro atoms. The molecule has 0 bridgehead atoms. The van der Waals surface area contributed by atoms with Gasteiger partial charge >= 0.3 is 53.8 Å². The third-order valence-electron chi connectivity index (χ3n) is 4.13. The van der Waals surface area contributed by atoms with E-state index in [0.717, 1.165) is 0 Å². The Labute approximate surface area is 186 Å². The Hall–Kier alpha value is -2.21. The van der Waals surface area contributed by atoms with Crippen LogP contribution < -0.4 is 5.32 Å². The van der Waals surface area contributed by atoms with Crippen molar-refractivity contribution in [2.45, 2.75) is 47.9 Å². The van der Waals surface area contributed by atoms with Gasteiger partial charge in [0.1, 0.15) is 5.82 Å². The molecule has 1 N–H and O–H groups in total. The van der Waals surface area contributed by atoms with Gasteiger partial charge in [-0.05, 0) is 18.2 Å². The van der Waals surface area contributed by atoms with Gasteiger partial charge in [-0.3, -0.25) is 4.79 Å². The number of hydrogen-bond donors (Lipinski definition) is 1. The average Bonchev–Trinajstić information content (AvgIpc) is 2.69. The molecule has 0 fully saturated rings. The number of halogens is 18. The molecule has 0 saturated carbocycles. The summed E-state index contributed by atoms with van der Waals surface area (Å²) in [5.74, 6) is -61.7. The first-order valence-electron chi connectivity index (χ1n) is 7.94. The van der Waals surface area contributed by atoms with E-state index >= 15 is 0 Å². The lowest BCUT2D eigenvalue weighted by atomic mass is 9.89. The number of anilines is 1. The Morgan fingerprint density at radius 3 is 1.51 bits per heavy atom. The van der Waals surface area contributed by atoms with Crippen LogP contribution in [0.25, 0.3) is 0 Å². The molecule has 0 aromatic heterocycles. The third-order valence-corrected chi connectivity index (χ3v) is 4.42. The minimum Gasteiger partial charge on any atom is -0.321 e. The molecule has 202 valence electrons. The SMILES string of the molecule is O=C(Nc1ccc(F)c(Cl)c1)C(F)(F)C(F)(F)C(F)(F)C(F)(F)C(F)(F)C(F)(F)C(F)(F)C(F)F. The van der Waals surface area contributed by atoms with Crippen LogP contribution in [0, 0.1) is 5.82 Å². The minimum atomic E-state index is -8.62. The van der Waals surface area contributed by atoms with E-state index in [9.17, 15) is 79.4 Å². The van der Waals surface area contributed by atoms with E-state index in [1.54, 1.807) is 0 Å². The molecule has 1 aromatic rings. The fourth-order valence-corrected chi connectivity index (χ4v) is 2.24. The number of carbonyl (C=O) groups is 1. The van der Waals surface area contributed by atoms with Crippen LogP contribution in [0.4, 0.5) is 80.3 Å². The zero-order valence-electron chi connectivity index (χ0n) is 15.5. The van der Waals surface area contributed by atoms with E-state index in [4.69, 9.17) is 11.6 Å². The highest BCUT2D eigenvalue weighted by Crippen LogP contribution is 2.62. The summed E-state index contributed by atoms with van der Waals surface area (Å²) in [4.78, 5) is 11.3. The molecule has 20 heteroatoms. The summed E-state index contributed by atoms with van der Waals surface area (Å²) in [7, 11) is 0. The van der Waals surface area contributed by atoms with Gasteiger partial charge in [0.2, 0.25) is 0 Å². The van der Waals surface area contributed by atoms with Crippen molar-refractivity contribution in [2.75, 3.05) is 5.32 Å². The van der Waals surface area contributed by atoms with E-state index < -0.39 is 70.3 Å². The molecule has 0 aliphatic heterocycles. The summed E-state index contributed by atoms with van der Waals surface area (Å²) in [5, 5.41) is -0.382. The quantitative estimate of drug-likeness (QED) is 0.313. The summed E-state index contributed by atoms with van der Waals surface area (Å²) in [6, 6.07) is 0.709. The van der Waals surface area contributed by atoms with Crippen molar-refractivity contribution in [2.24, 2.45) is 0 Å². The average molecular weight is 574 g/mol. The van der Waals surface area contributed by atoms with E-state index in [-0.39, 0.29) is 18.2 Å². The predicted molar refractivity (Wildman–Crippen MR) is 80.7 cm³/mol. The number of amides is 1. The highest BCUT2D eigenvalue weighted by molar-refractivity contribution is 6.31. The summed E-state index contributed by atoms with van der Waals surface area (Å²) in [6.45, 7) is 0. The summed E-state index contributed by atoms with van der Waals surface area (Å²) in [6.07, 6.45) is -5.96. The van der Waals surface area contributed by atoms with Crippen molar-refractivity contribution in [1.82, 2.24) is 0 Å². The van der Waals surface area contributed by atoms with Crippen molar-refractivity contribution < 1.29 is 79.4 Å². The second-order valence-corrected chi connectivity index (χ2v) is 6.86. The molecule has 2 nitrogen and oxygen atoms in total. The van der Waals surface area contributed by atoms with Crippen molar-refractivity contribution in [3.05, 3.63) is 29.0 Å². The van der Waals surface area contributed by atoms with Crippen LogP contribution in [0.15, 0.2) is 18.2 Å². The molecular weight excluding hydrogens is 569 g/mol. The molecule has 0 atom stereocenters. The molecule has 0 aliphatic rings. The molecule has 0 radical (unpaired) electrons. The van der Waals surface area contributed by atoms with Crippen molar-refractivity contribution in [3.63, 3.8) is 0 Å². The number of hydrogen-bond acceptors (Lipinski definition) is 1. The standard InChI is InChI=1S/C15H5ClF17NO/c16-5-3-4(1-2-6(5)17)34-8(35)10(22,23)12(26,27)14(30,31)15(32,33)13(28,29)11(24,25)9(20,21)7(18)19/h1-3,7H,(H,34,35).